The van der Waals surface area contributed by atoms with Crippen molar-refractivity contribution in [2.45, 2.75) is 13.5 Å². The van der Waals surface area contributed by atoms with E-state index < -0.39 is 0 Å². The molecule has 6 nitrogen and oxygen atoms in total. The number of rotatable bonds is 3. The summed E-state index contributed by atoms with van der Waals surface area (Å²) >= 11 is 2.10. The Morgan fingerprint density at radius 3 is 2.72 bits per heavy atom. The number of aryl methyl sites for hydroxylation is 3. The van der Waals surface area contributed by atoms with Gasteiger partial charge in [0.1, 0.15) is 5.69 Å². The molecule has 0 radical (unpaired) electrons. The van der Waals surface area contributed by atoms with Crippen LogP contribution in [0.2, 0.25) is 0 Å². The van der Waals surface area contributed by atoms with E-state index in [0.717, 1.165) is 14.8 Å². The lowest BCUT2D eigenvalue weighted by molar-refractivity contribution is 0.0940. The van der Waals surface area contributed by atoms with Crippen LogP contribution >= 0.6 is 22.6 Å². The molecule has 1 amide bonds. The van der Waals surface area contributed by atoms with Crippen molar-refractivity contribution in [3.8, 4) is 0 Å². The van der Waals surface area contributed by atoms with E-state index in [9.17, 15) is 4.79 Å². The highest BCUT2D eigenvalue weighted by atomic mass is 127. The zero-order valence-electron chi connectivity index (χ0n) is 10.4. The number of halogens is 1. The standard InChI is InChI=1S/C11H14IN5O/c1-7-8(6-16(2)15-7)4-13-11(18)10-9(12)5-14-17(10)3/h5-6H,4H2,1-3H3,(H,13,18). The van der Waals surface area contributed by atoms with Crippen molar-refractivity contribution in [2.24, 2.45) is 14.1 Å². The van der Waals surface area contributed by atoms with E-state index in [1.807, 2.05) is 20.2 Å². The van der Waals surface area contributed by atoms with Gasteiger partial charge in [-0.15, -0.1) is 0 Å². The van der Waals surface area contributed by atoms with Crippen molar-refractivity contribution in [3.05, 3.63) is 32.9 Å². The zero-order valence-corrected chi connectivity index (χ0v) is 12.6. The molecule has 2 aromatic heterocycles. The van der Waals surface area contributed by atoms with Gasteiger partial charge < -0.3 is 5.32 Å². The van der Waals surface area contributed by atoms with Gasteiger partial charge in [-0.05, 0) is 29.5 Å². The number of nitrogens with zero attached hydrogens (tertiary/aromatic N) is 4. The number of amides is 1. The monoisotopic (exact) mass is 359 g/mol. The predicted molar refractivity (Wildman–Crippen MR) is 75.0 cm³/mol. The minimum atomic E-state index is -0.123. The Balaban J connectivity index is 2.07. The van der Waals surface area contributed by atoms with Gasteiger partial charge in [0, 0.05) is 32.4 Å². The lowest BCUT2D eigenvalue weighted by Crippen LogP contribution is -2.26. The van der Waals surface area contributed by atoms with E-state index in [4.69, 9.17) is 0 Å². The van der Waals surface area contributed by atoms with Crippen LogP contribution in [0, 0.1) is 10.5 Å². The van der Waals surface area contributed by atoms with Gasteiger partial charge in [-0.2, -0.15) is 10.2 Å². The molecular weight excluding hydrogens is 345 g/mol. The van der Waals surface area contributed by atoms with Gasteiger partial charge >= 0.3 is 0 Å². The van der Waals surface area contributed by atoms with Crippen LogP contribution in [0.4, 0.5) is 0 Å². The number of carbonyl (C=O) groups excluding carboxylic acids is 1. The molecule has 7 heteroatoms. The topological polar surface area (TPSA) is 64.7 Å². The maximum Gasteiger partial charge on any atom is 0.270 e. The smallest absolute Gasteiger partial charge is 0.270 e. The Morgan fingerprint density at radius 2 is 2.22 bits per heavy atom. The molecule has 18 heavy (non-hydrogen) atoms. The van der Waals surface area contributed by atoms with Crippen molar-refractivity contribution in [1.82, 2.24) is 24.9 Å². The van der Waals surface area contributed by atoms with Crippen molar-refractivity contribution in [3.63, 3.8) is 0 Å². The third-order valence-corrected chi connectivity index (χ3v) is 3.45. The third-order valence-electron chi connectivity index (χ3n) is 2.66. The van der Waals surface area contributed by atoms with Gasteiger partial charge in [0.05, 0.1) is 15.5 Å². The fourth-order valence-electron chi connectivity index (χ4n) is 1.75. The first-order valence-electron chi connectivity index (χ1n) is 5.44. The average Bonchev–Trinajstić information content (AvgIpc) is 2.79. The highest BCUT2D eigenvalue weighted by Gasteiger charge is 2.15. The van der Waals surface area contributed by atoms with E-state index in [1.165, 1.54) is 0 Å². The molecule has 0 aliphatic heterocycles. The van der Waals surface area contributed by atoms with E-state index >= 15 is 0 Å². The molecule has 0 aliphatic rings. The Labute approximate surface area is 119 Å². The summed E-state index contributed by atoms with van der Waals surface area (Å²) in [6, 6.07) is 0. The van der Waals surface area contributed by atoms with Crippen LogP contribution < -0.4 is 5.32 Å². The summed E-state index contributed by atoms with van der Waals surface area (Å²) < 4.78 is 4.16. The van der Waals surface area contributed by atoms with E-state index in [1.54, 1.807) is 22.6 Å². The van der Waals surface area contributed by atoms with Crippen LogP contribution in [0.1, 0.15) is 21.7 Å². The Kier molecular flexibility index (Phi) is 3.69. The van der Waals surface area contributed by atoms with Crippen LogP contribution in [0.25, 0.3) is 0 Å². The van der Waals surface area contributed by atoms with Crippen molar-refractivity contribution in [2.75, 3.05) is 0 Å². The Bertz CT molecular complexity index is 567. The maximum atomic E-state index is 12.0. The van der Waals surface area contributed by atoms with E-state index in [-0.39, 0.29) is 5.91 Å². The summed E-state index contributed by atoms with van der Waals surface area (Å²) in [4.78, 5) is 12.0. The van der Waals surface area contributed by atoms with Crippen LogP contribution in [-0.2, 0) is 20.6 Å². The lowest BCUT2D eigenvalue weighted by atomic mass is 10.2. The second-order valence-corrected chi connectivity index (χ2v) is 5.22. The lowest BCUT2D eigenvalue weighted by Gasteiger charge is -2.05. The molecule has 0 aliphatic carbocycles. The molecule has 0 unspecified atom stereocenters. The molecule has 2 heterocycles. The number of nitrogens with one attached hydrogen (secondary N) is 1. The molecule has 0 aromatic carbocycles. The molecule has 0 atom stereocenters. The minimum Gasteiger partial charge on any atom is -0.346 e. The fraction of sp³-hybridized carbons (Fsp3) is 0.364. The van der Waals surface area contributed by atoms with E-state index in [2.05, 4.69) is 38.1 Å². The number of aromatic nitrogens is 4. The first-order chi connectivity index (χ1) is 8.49. The summed E-state index contributed by atoms with van der Waals surface area (Å²) in [6.07, 6.45) is 3.58. The van der Waals surface area contributed by atoms with Crippen molar-refractivity contribution in [1.29, 1.82) is 0 Å². The van der Waals surface area contributed by atoms with Crippen LogP contribution in [0.15, 0.2) is 12.4 Å². The first kappa shape index (κ1) is 13.1. The number of carbonyl (C=O) groups is 1. The molecule has 0 saturated heterocycles. The minimum absolute atomic E-state index is 0.123. The Morgan fingerprint density at radius 1 is 1.50 bits per heavy atom. The zero-order chi connectivity index (χ0) is 13.3. The van der Waals surface area contributed by atoms with Crippen LogP contribution in [-0.4, -0.2) is 25.5 Å². The van der Waals surface area contributed by atoms with Gasteiger partial charge in [-0.3, -0.25) is 14.2 Å². The molecule has 1 N–H and O–H groups in total. The van der Waals surface area contributed by atoms with Gasteiger partial charge in [0.2, 0.25) is 0 Å². The second kappa shape index (κ2) is 5.09. The molecular formula is C11H14IN5O. The summed E-state index contributed by atoms with van der Waals surface area (Å²) in [5, 5.41) is 11.2. The summed E-state index contributed by atoms with van der Waals surface area (Å²) in [7, 11) is 3.62. The van der Waals surface area contributed by atoms with Gasteiger partial charge in [-0.1, -0.05) is 0 Å². The Hall–Kier alpha value is -1.38. The average molecular weight is 359 g/mol. The van der Waals surface area contributed by atoms with Gasteiger partial charge in [-0.25, -0.2) is 0 Å². The van der Waals surface area contributed by atoms with Crippen molar-refractivity contribution >= 4 is 28.5 Å². The van der Waals surface area contributed by atoms with Crippen molar-refractivity contribution < 1.29 is 4.79 Å². The first-order valence-corrected chi connectivity index (χ1v) is 6.51. The summed E-state index contributed by atoms with van der Waals surface area (Å²) in [6.45, 7) is 2.40. The number of hydrogen-bond acceptors (Lipinski definition) is 3. The SMILES string of the molecule is Cc1nn(C)cc1CNC(=O)c1c(I)cnn1C. The summed E-state index contributed by atoms with van der Waals surface area (Å²) in [5.74, 6) is -0.123. The summed E-state index contributed by atoms with van der Waals surface area (Å²) in [5.41, 5.74) is 2.53. The quantitative estimate of drug-likeness (QED) is 0.832. The molecule has 0 fully saturated rings. The molecule has 0 spiro atoms. The largest absolute Gasteiger partial charge is 0.346 e. The van der Waals surface area contributed by atoms with Gasteiger partial charge in [0.15, 0.2) is 0 Å². The maximum absolute atomic E-state index is 12.0. The highest BCUT2D eigenvalue weighted by Crippen LogP contribution is 2.11. The third kappa shape index (κ3) is 2.55. The van der Waals surface area contributed by atoms with Crippen LogP contribution in [0.5, 0.6) is 0 Å². The predicted octanol–water partition coefficient (Wildman–Crippen LogP) is 0.997. The van der Waals surface area contributed by atoms with E-state index in [0.29, 0.717) is 12.2 Å². The highest BCUT2D eigenvalue weighted by molar-refractivity contribution is 14.1. The molecule has 96 valence electrons. The molecule has 0 bridgehead atoms. The van der Waals surface area contributed by atoms with Gasteiger partial charge in [0.25, 0.3) is 5.91 Å². The van der Waals surface area contributed by atoms with Crippen LogP contribution in [0.3, 0.4) is 0 Å². The second-order valence-electron chi connectivity index (χ2n) is 4.06. The fourth-order valence-corrected chi connectivity index (χ4v) is 2.47. The normalized spacial score (nSPS) is 10.7. The number of hydrogen-bond donors (Lipinski definition) is 1. The molecule has 0 saturated carbocycles. The molecule has 2 aromatic rings. The molecule has 2 rings (SSSR count).